The van der Waals surface area contributed by atoms with Crippen LogP contribution in [0.1, 0.15) is 6.04 Å². The quantitative estimate of drug-likeness (QED) is 0.713. The molecule has 1 aromatic heterocycles. The average molecular weight is 180 g/mol. The van der Waals surface area contributed by atoms with Gasteiger partial charge in [-0.25, -0.2) is 9.67 Å². The molecule has 68 valence electrons. The molecule has 1 rings (SSSR count). The number of halogens is 3. The second-order valence-corrected chi connectivity index (χ2v) is 2.17. The van der Waals surface area contributed by atoms with Crippen molar-refractivity contribution >= 4 is 0 Å². The van der Waals surface area contributed by atoms with E-state index >= 15 is 0 Å². The first-order valence-corrected chi connectivity index (χ1v) is 3.16. The third kappa shape index (κ3) is 1.73. The monoisotopic (exact) mass is 180 g/mol. The first kappa shape index (κ1) is 8.98. The van der Waals surface area contributed by atoms with Gasteiger partial charge < -0.3 is 5.73 Å². The van der Waals surface area contributed by atoms with Crippen LogP contribution in [0.15, 0.2) is 12.7 Å². The van der Waals surface area contributed by atoms with Gasteiger partial charge in [0.25, 0.3) is 0 Å². The Bertz CT molecular complexity index is 229. The molecule has 0 saturated heterocycles. The second kappa shape index (κ2) is 3.10. The van der Waals surface area contributed by atoms with Crippen LogP contribution in [0.4, 0.5) is 13.2 Å². The van der Waals surface area contributed by atoms with E-state index in [-0.39, 0.29) is 0 Å². The summed E-state index contributed by atoms with van der Waals surface area (Å²) in [5.74, 6) is 0. The van der Waals surface area contributed by atoms with Crippen molar-refractivity contribution in [2.24, 2.45) is 5.73 Å². The van der Waals surface area contributed by atoms with Gasteiger partial charge in [0, 0.05) is 6.54 Å². The van der Waals surface area contributed by atoms with Crippen LogP contribution in [-0.2, 0) is 0 Å². The van der Waals surface area contributed by atoms with Crippen LogP contribution in [-0.4, -0.2) is 27.5 Å². The zero-order valence-electron chi connectivity index (χ0n) is 5.99. The fourth-order valence-corrected chi connectivity index (χ4v) is 0.770. The molecule has 0 aliphatic heterocycles. The number of nitrogens with two attached hydrogens (primary N) is 1. The van der Waals surface area contributed by atoms with Crippen molar-refractivity contribution in [2.45, 2.75) is 12.2 Å². The van der Waals surface area contributed by atoms with Crippen LogP contribution in [0.2, 0.25) is 0 Å². The molecule has 0 saturated carbocycles. The Labute approximate surface area is 66.2 Å². The lowest BCUT2D eigenvalue weighted by Crippen LogP contribution is -2.33. The molecule has 0 fully saturated rings. The Balaban J connectivity index is 2.84. The standard InChI is InChI=1S/C5H7F3N4/c6-5(7,8)4(1-9)12-3-10-2-11-12/h2-4H,1,9H2. The number of hydrogen-bond acceptors (Lipinski definition) is 3. The Morgan fingerprint density at radius 2 is 2.17 bits per heavy atom. The molecule has 7 heteroatoms. The fourth-order valence-electron chi connectivity index (χ4n) is 0.770. The minimum absolute atomic E-state index is 0.535. The Kier molecular flexibility index (Phi) is 2.32. The molecule has 2 N–H and O–H groups in total. The molecular formula is C5H7F3N4. The van der Waals surface area contributed by atoms with Gasteiger partial charge in [0.1, 0.15) is 12.7 Å². The van der Waals surface area contributed by atoms with E-state index in [0.29, 0.717) is 4.68 Å². The van der Waals surface area contributed by atoms with E-state index in [9.17, 15) is 13.2 Å². The maximum atomic E-state index is 12.1. The summed E-state index contributed by atoms with van der Waals surface area (Å²) in [6, 6.07) is -1.78. The maximum absolute atomic E-state index is 12.1. The summed E-state index contributed by atoms with van der Waals surface area (Å²) in [5, 5.41) is 3.36. The fraction of sp³-hybridized carbons (Fsp3) is 0.600. The number of aromatic nitrogens is 3. The molecule has 1 heterocycles. The normalized spacial score (nSPS) is 14.7. The van der Waals surface area contributed by atoms with Gasteiger partial charge in [-0.15, -0.1) is 0 Å². The van der Waals surface area contributed by atoms with Crippen molar-refractivity contribution in [2.75, 3.05) is 6.54 Å². The zero-order chi connectivity index (χ0) is 9.19. The SMILES string of the molecule is NCC(n1cncn1)C(F)(F)F. The molecule has 0 amide bonds. The Hall–Kier alpha value is -1.11. The zero-order valence-corrected chi connectivity index (χ0v) is 5.99. The lowest BCUT2D eigenvalue weighted by Gasteiger charge is -2.17. The molecule has 0 aliphatic rings. The van der Waals surface area contributed by atoms with Crippen molar-refractivity contribution in [3.63, 3.8) is 0 Å². The van der Waals surface area contributed by atoms with Crippen molar-refractivity contribution in [3.8, 4) is 0 Å². The van der Waals surface area contributed by atoms with Gasteiger partial charge in [-0.3, -0.25) is 0 Å². The summed E-state index contributed by atoms with van der Waals surface area (Å²) >= 11 is 0. The van der Waals surface area contributed by atoms with Gasteiger partial charge in [-0.2, -0.15) is 18.3 Å². The number of rotatable bonds is 2. The Morgan fingerprint density at radius 3 is 2.50 bits per heavy atom. The van der Waals surface area contributed by atoms with E-state index in [0.717, 1.165) is 12.7 Å². The molecule has 1 atom stereocenters. The molecule has 0 aliphatic carbocycles. The van der Waals surface area contributed by atoms with Crippen molar-refractivity contribution in [1.29, 1.82) is 0 Å². The highest BCUT2D eigenvalue weighted by molar-refractivity contribution is 4.75. The molecule has 4 nitrogen and oxygen atoms in total. The predicted octanol–water partition coefficient (Wildman–Crippen LogP) is 0.340. The molecule has 12 heavy (non-hydrogen) atoms. The van der Waals surface area contributed by atoms with Crippen LogP contribution < -0.4 is 5.73 Å². The van der Waals surface area contributed by atoms with E-state index < -0.39 is 18.8 Å². The number of hydrogen-bond donors (Lipinski definition) is 1. The minimum Gasteiger partial charge on any atom is -0.328 e. The molecule has 1 unspecified atom stereocenters. The van der Waals surface area contributed by atoms with Crippen molar-refractivity contribution in [1.82, 2.24) is 14.8 Å². The van der Waals surface area contributed by atoms with Crippen LogP contribution >= 0.6 is 0 Å². The molecule has 0 bridgehead atoms. The molecule has 0 spiro atoms. The summed E-state index contributed by atoms with van der Waals surface area (Å²) in [6.45, 7) is -0.535. The van der Waals surface area contributed by atoms with Gasteiger partial charge >= 0.3 is 6.18 Å². The summed E-state index contributed by atoms with van der Waals surface area (Å²) in [6.07, 6.45) is -2.35. The average Bonchev–Trinajstić information content (AvgIpc) is 2.38. The molecule has 0 aromatic carbocycles. The lowest BCUT2D eigenvalue weighted by atomic mass is 10.3. The largest absolute Gasteiger partial charge is 0.412 e. The Morgan fingerprint density at radius 1 is 1.50 bits per heavy atom. The first-order chi connectivity index (χ1) is 5.55. The van der Waals surface area contributed by atoms with Crippen LogP contribution in [0.25, 0.3) is 0 Å². The third-order valence-electron chi connectivity index (χ3n) is 1.36. The minimum atomic E-state index is -4.37. The lowest BCUT2D eigenvalue weighted by molar-refractivity contribution is -0.167. The van der Waals surface area contributed by atoms with Gasteiger partial charge in [0.05, 0.1) is 0 Å². The van der Waals surface area contributed by atoms with Gasteiger partial charge in [0.15, 0.2) is 6.04 Å². The smallest absolute Gasteiger partial charge is 0.328 e. The molecular weight excluding hydrogens is 173 g/mol. The van der Waals surface area contributed by atoms with E-state index in [1.54, 1.807) is 0 Å². The van der Waals surface area contributed by atoms with E-state index in [1.165, 1.54) is 0 Å². The van der Waals surface area contributed by atoms with Crippen LogP contribution in [0, 0.1) is 0 Å². The highest BCUT2D eigenvalue weighted by atomic mass is 19.4. The number of alkyl halides is 3. The topological polar surface area (TPSA) is 56.7 Å². The molecule has 0 radical (unpaired) electrons. The number of nitrogens with zero attached hydrogens (tertiary/aromatic N) is 3. The second-order valence-electron chi connectivity index (χ2n) is 2.17. The first-order valence-electron chi connectivity index (χ1n) is 3.16. The van der Waals surface area contributed by atoms with Crippen LogP contribution in [0.5, 0.6) is 0 Å². The summed E-state index contributed by atoms with van der Waals surface area (Å²) in [5.41, 5.74) is 4.94. The summed E-state index contributed by atoms with van der Waals surface area (Å²) in [7, 11) is 0. The van der Waals surface area contributed by atoms with E-state index in [2.05, 4.69) is 10.1 Å². The van der Waals surface area contributed by atoms with Crippen molar-refractivity contribution < 1.29 is 13.2 Å². The van der Waals surface area contributed by atoms with E-state index in [1.807, 2.05) is 0 Å². The summed E-state index contributed by atoms with van der Waals surface area (Å²) < 4.78 is 37.0. The third-order valence-corrected chi connectivity index (χ3v) is 1.36. The predicted molar refractivity (Wildman–Crippen MR) is 34.2 cm³/mol. The van der Waals surface area contributed by atoms with Gasteiger partial charge in [-0.1, -0.05) is 0 Å². The van der Waals surface area contributed by atoms with Crippen molar-refractivity contribution in [3.05, 3.63) is 12.7 Å². The maximum Gasteiger partial charge on any atom is 0.412 e. The highest BCUT2D eigenvalue weighted by Crippen LogP contribution is 2.28. The van der Waals surface area contributed by atoms with E-state index in [4.69, 9.17) is 5.73 Å². The highest BCUT2D eigenvalue weighted by Gasteiger charge is 2.40. The van der Waals surface area contributed by atoms with Gasteiger partial charge in [-0.05, 0) is 0 Å². The van der Waals surface area contributed by atoms with Crippen LogP contribution in [0.3, 0.4) is 0 Å². The summed E-state index contributed by atoms with van der Waals surface area (Å²) in [4.78, 5) is 3.40. The van der Waals surface area contributed by atoms with Gasteiger partial charge in [0.2, 0.25) is 0 Å². The molecule has 1 aromatic rings.